The minimum absolute atomic E-state index is 0.331. The number of nitrogens with zero attached hydrogens (tertiary/aromatic N) is 1. The molecule has 2 aromatic carbocycles. The van der Waals surface area contributed by atoms with E-state index in [1.807, 2.05) is 12.1 Å². The summed E-state index contributed by atoms with van der Waals surface area (Å²) in [5.74, 6) is 1.29. The summed E-state index contributed by atoms with van der Waals surface area (Å²) in [5, 5.41) is 0.713. The van der Waals surface area contributed by atoms with Gasteiger partial charge in [-0.3, -0.25) is 4.98 Å². The fourth-order valence-corrected chi connectivity index (χ4v) is 3.09. The summed E-state index contributed by atoms with van der Waals surface area (Å²) in [6.07, 6.45) is 6.84. The largest absolute Gasteiger partial charge is 0.496 e. The van der Waals surface area contributed by atoms with Gasteiger partial charge in [0.05, 0.1) is 19.7 Å². The first-order valence-corrected chi connectivity index (χ1v) is 8.22. The van der Waals surface area contributed by atoms with Crippen LogP contribution in [-0.2, 0) is 11.2 Å². The number of ether oxygens (including phenoxy) is 3. The number of hydrogen-bond donors (Lipinski definition) is 0. The Hall–Kier alpha value is -3.34. The summed E-state index contributed by atoms with van der Waals surface area (Å²) in [7, 11) is 2.84. The van der Waals surface area contributed by atoms with E-state index in [0.29, 0.717) is 28.0 Å². The van der Waals surface area contributed by atoms with Gasteiger partial charge in [0, 0.05) is 17.6 Å². The maximum Gasteiger partial charge on any atom is 0.341 e. The number of benzene rings is 2. The highest BCUT2D eigenvalue weighted by molar-refractivity contribution is 5.99. The summed E-state index contributed by atoms with van der Waals surface area (Å²) in [4.78, 5) is 16.4. The Morgan fingerprint density at radius 3 is 2.77 bits per heavy atom. The van der Waals surface area contributed by atoms with Crippen LogP contribution in [0, 0.1) is 0 Å². The monoisotopic (exact) mass is 347 g/mol. The second kappa shape index (κ2) is 6.52. The smallest absolute Gasteiger partial charge is 0.341 e. The van der Waals surface area contributed by atoms with E-state index in [2.05, 4.69) is 23.2 Å². The van der Waals surface area contributed by atoms with E-state index in [1.54, 1.807) is 24.4 Å². The number of rotatable bonds is 4. The molecule has 1 aliphatic carbocycles. The molecule has 0 fully saturated rings. The van der Waals surface area contributed by atoms with Crippen molar-refractivity contribution in [2.45, 2.75) is 6.42 Å². The van der Waals surface area contributed by atoms with Crippen molar-refractivity contribution in [1.29, 1.82) is 0 Å². The molecule has 0 atom stereocenters. The van der Waals surface area contributed by atoms with E-state index < -0.39 is 5.97 Å². The van der Waals surface area contributed by atoms with Crippen molar-refractivity contribution in [3.05, 3.63) is 65.4 Å². The predicted octanol–water partition coefficient (Wildman–Crippen LogP) is 4.39. The number of aromatic nitrogens is 1. The highest BCUT2D eigenvalue weighted by Crippen LogP contribution is 2.34. The van der Waals surface area contributed by atoms with Gasteiger partial charge in [-0.25, -0.2) is 4.79 Å². The van der Waals surface area contributed by atoms with Crippen LogP contribution in [0.25, 0.3) is 17.0 Å². The molecular weight excluding hydrogens is 330 g/mol. The van der Waals surface area contributed by atoms with E-state index in [9.17, 15) is 4.79 Å². The fraction of sp³-hybridized carbons (Fsp3) is 0.143. The average Bonchev–Trinajstić information content (AvgIpc) is 3.14. The summed E-state index contributed by atoms with van der Waals surface area (Å²) in [5.41, 5.74) is 3.46. The molecule has 0 unspecified atom stereocenters. The zero-order chi connectivity index (χ0) is 18.1. The molecule has 0 saturated heterocycles. The first-order valence-electron chi connectivity index (χ1n) is 8.22. The van der Waals surface area contributed by atoms with Crippen LogP contribution in [0.5, 0.6) is 17.2 Å². The molecule has 3 aromatic rings. The van der Waals surface area contributed by atoms with Crippen LogP contribution < -0.4 is 9.47 Å². The Balaban J connectivity index is 1.79. The van der Waals surface area contributed by atoms with Crippen LogP contribution in [-0.4, -0.2) is 25.2 Å². The lowest BCUT2D eigenvalue weighted by atomic mass is 10.1. The maximum atomic E-state index is 12.1. The number of methoxy groups -OCH3 is 2. The van der Waals surface area contributed by atoms with E-state index in [1.165, 1.54) is 19.8 Å². The molecule has 0 amide bonds. The van der Waals surface area contributed by atoms with E-state index in [-0.39, 0.29) is 0 Å². The lowest BCUT2D eigenvalue weighted by Crippen LogP contribution is -2.04. The summed E-state index contributed by atoms with van der Waals surface area (Å²) >= 11 is 0. The van der Waals surface area contributed by atoms with Crippen molar-refractivity contribution in [2.24, 2.45) is 0 Å². The molecule has 0 spiro atoms. The van der Waals surface area contributed by atoms with Crippen molar-refractivity contribution in [3.8, 4) is 17.2 Å². The molecule has 130 valence electrons. The number of pyridine rings is 1. The van der Waals surface area contributed by atoms with Gasteiger partial charge in [-0.05, 0) is 41.8 Å². The number of hydrogen-bond acceptors (Lipinski definition) is 5. The molecule has 4 rings (SSSR count). The Bertz CT molecular complexity index is 1040. The van der Waals surface area contributed by atoms with Crippen molar-refractivity contribution in [1.82, 2.24) is 4.98 Å². The average molecular weight is 347 g/mol. The van der Waals surface area contributed by atoms with Crippen molar-refractivity contribution >= 4 is 22.9 Å². The zero-order valence-electron chi connectivity index (χ0n) is 14.5. The van der Waals surface area contributed by atoms with Gasteiger partial charge < -0.3 is 14.2 Å². The molecule has 26 heavy (non-hydrogen) atoms. The second-order valence-corrected chi connectivity index (χ2v) is 5.94. The van der Waals surface area contributed by atoms with Crippen molar-refractivity contribution < 1.29 is 19.0 Å². The van der Waals surface area contributed by atoms with Gasteiger partial charge in [-0.2, -0.15) is 0 Å². The van der Waals surface area contributed by atoms with Crippen LogP contribution in [0.1, 0.15) is 21.5 Å². The van der Waals surface area contributed by atoms with Crippen LogP contribution >= 0.6 is 0 Å². The standard InChI is InChI=1S/C21H17NO4/c1-24-20-12-18-16(11-17(20)21(23)25-2)19(8-9-22-18)26-15-7-6-13-4-3-5-14(13)10-15/h3,5-12H,4H2,1-2H3. The Morgan fingerprint density at radius 1 is 1.08 bits per heavy atom. The molecule has 0 saturated carbocycles. The van der Waals surface area contributed by atoms with Crippen LogP contribution in [0.3, 0.4) is 0 Å². The van der Waals surface area contributed by atoms with Crippen LogP contribution in [0.2, 0.25) is 0 Å². The maximum absolute atomic E-state index is 12.1. The third-order valence-corrected chi connectivity index (χ3v) is 4.41. The molecular formula is C21H17NO4. The van der Waals surface area contributed by atoms with E-state index in [4.69, 9.17) is 14.2 Å². The molecule has 0 aliphatic heterocycles. The van der Waals surface area contributed by atoms with Gasteiger partial charge in [0.1, 0.15) is 22.8 Å². The van der Waals surface area contributed by atoms with Crippen LogP contribution in [0.15, 0.2) is 48.7 Å². The number of fused-ring (bicyclic) bond motifs is 2. The van der Waals surface area contributed by atoms with E-state index >= 15 is 0 Å². The second-order valence-electron chi connectivity index (χ2n) is 5.94. The quantitative estimate of drug-likeness (QED) is 0.655. The predicted molar refractivity (Wildman–Crippen MR) is 98.9 cm³/mol. The minimum atomic E-state index is -0.471. The fourth-order valence-electron chi connectivity index (χ4n) is 3.09. The number of carbonyl (C=O) groups excluding carboxylic acids is 1. The van der Waals surface area contributed by atoms with Crippen molar-refractivity contribution in [2.75, 3.05) is 14.2 Å². The molecule has 5 heteroatoms. The third kappa shape index (κ3) is 2.77. The lowest BCUT2D eigenvalue weighted by Gasteiger charge is -2.12. The summed E-state index contributed by atoms with van der Waals surface area (Å²) in [6.45, 7) is 0. The molecule has 0 radical (unpaired) electrons. The number of carbonyl (C=O) groups is 1. The molecule has 1 aliphatic rings. The summed E-state index contributed by atoms with van der Waals surface area (Å²) in [6, 6.07) is 11.2. The molecule has 0 bridgehead atoms. The van der Waals surface area contributed by atoms with E-state index in [0.717, 1.165) is 17.7 Å². The third-order valence-electron chi connectivity index (χ3n) is 4.41. The van der Waals surface area contributed by atoms with Crippen molar-refractivity contribution in [3.63, 3.8) is 0 Å². The van der Waals surface area contributed by atoms with Gasteiger partial charge in [-0.1, -0.05) is 18.2 Å². The highest BCUT2D eigenvalue weighted by Gasteiger charge is 2.17. The molecule has 0 N–H and O–H groups in total. The molecule has 5 nitrogen and oxygen atoms in total. The molecule has 1 aromatic heterocycles. The Morgan fingerprint density at radius 2 is 1.96 bits per heavy atom. The molecule has 1 heterocycles. The normalized spacial score (nSPS) is 12.1. The van der Waals surface area contributed by atoms with Crippen LogP contribution in [0.4, 0.5) is 0 Å². The highest BCUT2D eigenvalue weighted by atomic mass is 16.5. The minimum Gasteiger partial charge on any atom is -0.496 e. The SMILES string of the molecule is COC(=O)c1cc2c(Oc3ccc4c(c3)C=CC4)ccnc2cc1OC. The zero-order valence-corrected chi connectivity index (χ0v) is 14.5. The number of esters is 1. The van der Waals surface area contributed by atoms with Gasteiger partial charge >= 0.3 is 5.97 Å². The first kappa shape index (κ1) is 16.1. The number of allylic oxidation sites excluding steroid dienone is 1. The topological polar surface area (TPSA) is 57.7 Å². The Labute approximate surface area is 150 Å². The lowest BCUT2D eigenvalue weighted by molar-refractivity contribution is 0.0597. The first-order chi connectivity index (χ1) is 12.7. The van der Waals surface area contributed by atoms with Gasteiger partial charge in [0.25, 0.3) is 0 Å². The van der Waals surface area contributed by atoms with Gasteiger partial charge in [0.2, 0.25) is 0 Å². The van der Waals surface area contributed by atoms with Gasteiger partial charge in [-0.15, -0.1) is 0 Å². The summed E-state index contributed by atoms with van der Waals surface area (Å²) < 4.78 is 16.2. The Kier molecular flexibility index (Phi) is 4.05. The van der Waals surface area contributed by atoms with Gasteiger partial charge in [0.15, 0.2) is 0 Å².